The maximum atomic E-state index is 10.3. The Labute approximate surface area is 52.2 Å². The quantitative estimate of drug-likeness (QED) is 0.320. The summed E-state index contributed by atoms with van der Waals surface area (Å²) in [6.45, 7) is 0. The van der Waals surface area contributed by atoms with E-state index >= 15 is 0 Å². The number of hydrogen-bond acceptors (Lipinski definition) is 2. The van der Waals surface area contributed by atoms with Gasteiger partial charge in [-0.2, -0.15) is 0 Å². The second kappa shape index (κ2) is 2.11. The molecule has 0 bridgehead atoms. The Balaban J connectivity index is 4.53. The van der Waals surface area contributed by atoms with Gasteiger partial charge in [-0.3, -0.25) is 0 Å². The van der Waals surface area contributed by atoms with Crippen LogP contribution in [0.3, 0.4) is 0 Å². The van der Waals surface area contributed by atoms with Crippen molar-refractivity contribution < 1.29 is 13.0 Å². The summed E-state index contributed by atoms with van der Waals surface area (Å²) in [4.78, 5) is 4.87. The van der Waals surface area contributed by atoms with Crippen LogP contribution in [0.25, 0.3) is 0 Å². The molecule has 0 aliphatic rings. The summed E-state index contributed by atoms with van der Waals surface area (Å²) in [5.41, 5.74) is 0. The van der Waals surface area contributed by atoms with Gasteiger partial charge >= 0.3 is 52.1 Å². The van der Waals surface area contributed by atoms with Gasteiger partial charge in [0, 0.05) is 0 Å². The van der Waals surface area contributed by atoms with Gasteiger partial charge in [0.1, 0.15) is 0 Å². The first kappa shape index (κ1) is 8.64. The molecule has 3 nitrogen and oxygen atoms in total. The predicted molar refractivity (Wildman–Crippen MR) is 44.7 cm³/mol. The third kappa shape index (κ3) is 2.27. The molecule has 0 saturated carbocycles. The molecule has 0 unspecified atom stereocenters. The SMILES string of the molecule is C[IH](C)(C)S(=O)(=O)O. The Morgan fingerprint density at radius 1 is 1.25 bits per heavy atom. The van der Waals surface area contributed by atoms with Crippen molar-refractivity contribution in [2.45, 2.75) is 0 Å². The van der Waals surface area contributed by atoms with E-state index in [9.17, 15) is 8.42 Å². The molecule has 0 aromatic rings. The zero-order chi connectivity index (χ0) is 7.00. The van der Waals surface area contributed by atoms with E-state index in [0.29, 0.717) is 0 Å². The summed E-state index contributed by atoms with van der Waals surface area (Å²) in [7, 11) is -3.65. The average Bonchev–Trinajstić information content (AvgIpc) is 1.25. The average molecular weight is 254 g/mol. The van der Waals surface area contributed by atoms with E-state index in [0.717, 1.165) is 0 Å². The molecule has 54 valence electrons. The van der Waals surface area contributed by atoms with E-state index in [-0.39, 0.29) is 0 Å². The molecule has 0 fully saturated rings. The van der Waals surface area contributed by atoms with Gasteiger partial charge in [-0.15, -0.1) is 0 Å². The van der Waals surface area contributed by atoms with E-state index in [1.165, 1.54) is 0 Å². The van der Waals surface area contributed by atoms with Gasteiger partial charge in [0.05, 0.1) is 0 Å². The fourth-order valence-corrected chi connectivity index (χ4v) is 0. The van der Waals surface area contributed by atoms with Gasteiger partial charge in [0.2, 0.25) is 0 Å². The molecule has 5 heteroatoms. The minimum atomic E-state index is -3.65. The number of halogens is 1. The molecular formula is C3H11IO3S. The first-order valence-corrected chi connectivity index (χ1v) is 13.1. The van der Waals surface area contributed by atoms with Crippen molar-refractivity contribution in [2.24, 2.45) is 0 Å². The fraction of sp³-hybridized carbons (Fsp3) is 1.00. The summed E-state index contributed by atoms with van der Waals surface area (Å²) in [6.07, 6.45) is 0. The number of hydrogen-bond donors (Lipinski definition) is 1. The summed E-state index contributed by atoms with van der Waals surface area (Å²) in [5, 5.41) is 0. The van der Waals surface area contributed by atoms with Crippen LogP contribution < -0.4 is 0 Å². The van der Waals surface area contributed by atoms with E-state index in [2.05, 4.69) is 0 Å². The summed E-state index contributed by atoms with van der Waals surface area (Å²) < 4.78 is 29.0. The molecule has 1 N–H and O–H groups in total. The third-order valence-electron chi connectivity index (χ3n) is 0.632. The van der Waals surface area contributed by atoms with Gasteiger partial charge in [0.25, 0.3) is 0 Å². The summed E-state index contributed by atoms with van der Waals surface area (Å²) in [5.74, 6) is 0. The molecule has 8 heavy (non-hydrogen) atoms. The van der Waals surface area contributed by atoms with Crippen LogP contribution in [0.2, 0.25) is 0 Å². The van der Waals surface area contributed by atoms with E-state index in [4.69, 9.17) is 4.55 Å². The van der Waals surface area contributed by atoms with Gasteiger partial charge in [-0.05, 0) is 0 Å². The van der Waals surface area contributed by atoms with E-state index < -0.39 is 24.3 Å². The minimum absolute atomic E-state index is 1.62. The van der Waals surface area contributed by atoms with E-state index in [1.54, 1.807) is 14.8 Å². The van der Waals surface area contributed by atoms with Crippen molar-refractivity contribution in [3.8, 4) is 0 Å². The van der Waals surface area contributed by atoms with Crippen LogP contribution in [0.4, 0.5) is 0 Å². The van der Waals surface area contributed by atoms with Crippen molar-refractivity contribution in [3.05, 3.63) is 0 Å². The predicted octanol–water partition coefficient (Wildman–Crippen LogP) is 0.453. The van der Waals surface area contributed by atoms with Crippen molar-refractivity contribution in [3.63, 3.8) is 0 Å². The second-order valence-electron chi connectivity index (χ2n) is 2.15. The molecule has 0 heterocycles. The topological polar surface area (TPSA) is 54.4 Å². The fourth-order valence-electron chi connectivity index (χ4n) is 0. The standard InChI is InChI=1S/C3H11IO3S/c1-4(2,3)8(5,6)7/h4H,1-3H3,(H,5,6,7). The van der Waals surface area contributed by atoms with Crippen LogP contribution in [0.1, 0.15) is 0 Å². The van der Waals surface area contributed by atoms with Crippen LogP contribution >= 0.6 is 17.0 Å². The van der Waals surface area contributed by atoms with Gasteiger partial charge in [-0.25, -0.2) is 0 Å². The third-order valence-corrected chi connectivity index (χ3v) is 12.7. The maximum absolute atomic E-state index is 10.3. The molecular weight excluding hydrogens is 243 g/mol. The number of alkyl halides is 3. The van der Waals surface area contributed by atoms with Crippen molar-refractivity contribution >= 4 is 24.3 Å². The first-order chi connectivity index (χ1) is 3.25. The normalized spacial score (nSPS) is 16.0. The Morgan fingerprint density at radius 2 is 1.38 bits per heavy atom. The van der Waals surface area contributed by atoms with Gasteiger partial charge in [0.15, 0.2) is 0 Å². The molecule has 0 amide bonds. The van der Waals surface area contributed by atoms with Crippen LogP contribution in [0, 0.1) is 0 Å². The Hall–Kier alpha value is 0.640. The Kier molecular flexibility index (Phi) is 2.28. The zero-order valence-electron chi connectivity index (χ0n) is 5.08. The van der Waals surface area contributed by atoms with Crippen molar-refractivity contribution in [2.75, 3.05) is 14.8 Å². The molecule has 0 radical (unpaired) electrons. The van der Waals surface area contributed by atoms with Crippen LogP contribution in [0.15, 0.2) is 0 Å². The van der Waals surface area contributed by atoms with Crippen molar-refractivity contribution in [1.29, 1.82) is 0 Å². The molecule has 0 aromatic heterocycles. The second-order valence-corrected chi connectivity index (χ2v) is 23.2. The van der Waals surface area contributed by atoms with Crippen LogP contribution in [-0.4, -0.2) is 27.8 Å². The molecule has 0 aliphatic heterocycles. The Bertz CT molecular complexity index is 163. The molecule has 0 atom stereocenters. The van der Waals surface area contributed by atoms with Crippen molar-refractivity contribution in [1.82, 2.24) is 0 Å². The van der Waals surface area contributed by atoms with E-state index in [1.807, 2.05) is 0 Å². The Morgan fingerprint density at radius 3 is 1.38 bits per heavy atom. The molecule has 0 saturated heterocycles. The zero-order valence-corrected chi connectivity index (χ0v) is 8.23. The first-order valence-electron chi connectivity index (χ1n) is 1.91. The van der Waals surface area contributed by atoms with Crippen LogP contribution in [-0.2, 0) is 7.29 Å². The van der Waals surface area contributed by atoms with Crippen LogP contribution in [0.5, 0.6) is 0 Å². The molecule has 0 rings (SSSR count). The number of rotatable bonds is 1. The van der Waals surface area contributed by atoms with Gasteiger partial charge < -0.3 is 0 Å². The molecule has 0 aliphatic carbocycles. The summed E-state index contributed by atoms with van der Waals surface area (Å²) in [6, 6.07) is 0. The monoisotopic (exact) mass is 254 g/mol. The van der Waals surface area contributed by atoms with Gasteiger partial charge in [-0.1, -0.05) is 0 Å². The summed E-state index contributed by atoms with van der Waals surface area (Å²) >= 11 is -2.81. The molecule has 0 spiro atoms. The molecule has 0 aromatic carbocycles.